The molecule has 146 valence electrons. The minimum Gasteiger partial charge on any atom is -0.497 e. The third-order valence-corrected chi connectivity index (χ3v) is 5.57. The number of nitrogens with zero attached hydrogens (tertiary/aromatic N) is 1. The average molecular weight is 378 g/mol. The molecule has 1 saturated heterocycles. The number of rotatable bonds is 6. The van der Waals surface area contributed by atoms with Crippen LogP contribution in [-0.2, 0) is 11.2 Å². The topological polar surface area (TPSA) is 54.6 Å². The summed E-state index contributed by atoms with van der Waals surface area (Å²) in [5.74, 6) is 1.64. The molecule has 1 N–H and O–H groups in total. The maximum atomic E-state index is 12.8. The van der Waals surface area contributed by atoms with Crippen LogP contribution in [0.15, 0.2) is 48.5 Å². The highest BCUT2D eigenvalue weighted by molar-refractivity contribution is 5.86. The van der Waals surface area contributed by atoms with Gasteiger partial charge in [-0.2, -0.15) is 0 Å². The molecule has 0 aliphatic carbocycles. The van der Waals surface area contributed by atoms with E-state index in [1.165, 1.54) is 10.9 Å². The van der Waals surface area contributed by atoms with Crippen LogP contribution in [0, 0.1) is 6.92 Å². The van der Waals surface area contributed by atoms with Gasteiger partial charge < -0.3 is 19.4 Å². The van der Waals surface area contributed by atoms with E-state index in [1.807, 2.05) is 41.3 Å². The Labute approximate surface area is 165 Å². The number of benzene rings is 2. The standard InChI is InChI=1S/C23H26N2O3/c1-16-20(21-14-19(27-2)10-11-22(21)24-16)13-17-7-6-12-25(17)23(26)15-28-18-8-4-3-5-9-18/h3-5,8-11,14,17,24H,6-7,12-13,15H2,1-2H3. The monoisotopic (exact) mass is 378 g/mol. The van der Waals surface area contributed by atoms with E-state index in [2.05, 4.69) is 24.0 Å². The number of hydrogen-bond donors (Lipinski definition) is 1. The zero-order chi connectivity index (χ0) is 19.5. The summed E-state index contributed by atoms with van der Waals surface area (Å²) < 4.78 is 11.1. The number of carbonyl (C=O) groups excluding carboxylic acids is 1. The van der Waals surface area contributed by atoms with Crippen molar-refractivity contribution in [2.45, 2.75) is 32.2 Å². The molecule has 1 aliphatic rings. The summed E-state index contributed by atoms with van der Waals surface area (Å²) in [6, 6.07) is 15.8. The highest BCUT2D eigenvalue weighted by atomic mass is 16.5. The van der Waals surface area contributed by atoms with Crippen molar-refractivity contribution < 1.29 is 14.3 Å². The Morgan fingerprint density at radius 2 is 2.00 bits per heavy atom. The van der Waals surface area contributed by atoms with Gasteiger partial charge in [-0.3, -0.25) is 4.79 Å². The Balaban J connectivity index is 1.49. The lowest BCUT2D eigenvalue weighted by molar-refractivity contribution is -0.134. The van der Waals surface area contributed by atoms with E-state index in [9.17, 15) is 4.79 Å². The van der Waals surface area contributed by atoms with Gasteiger partial charge in [0.15, 0.2) is 6.61 Å². The molecule has 28 heavy (non-hydrogen) atoms. The number of hydrogen-bond acceptors (Lipinski definition) is 3. The molecule has 2 aromatic carbocycles. The van der Waals surface area contributed by atoms with Crippen LogP contribution in [0.25, 0.3) is 10.9 Å². The minimum atomic E-state index is 0.0569. The van der Waals surface area contributed by atoms with Crippen LogP contribution in [-0.4, -0.2) is 42.1 Å². The van der Waals surface area contributed by atoms with Gasteiger partial charge in [0.1, 0.15) is 11.5 Å². The molecule has 1 amide bonds. The molecule has 3 aromatic rings. The molecule has 4 rings (SSSR count). The highest BCUT2D eigenvalue weighted by Crippen LogP contribution is 2.30. The van der Waals surface area contributed by atoms with Crippen LogP contribution in [0.3, 0.4) is 0 Å². The van der Waals surface area contributed by atoms with Gasteiger partial charge >= 0.3 is 0 Å². The smallest absolute Gasteiger partial charge is 0.260 e. The summed E-state index contributed by atoms with van der Waals surface area (Å²) >= 11 is 0. The molecule has 1 atom stereocenters. The van der Waals surface area contributed by atoms with Crippen LogP contribution >= 0.6 is 0 Å². The van der Waals surface area contributed by atoms with Crippen LogP contribution < -0.4 is 9.47 Å². The van der Waals surface area contributed by atoms with Crippen molar-refractivity contribution in [3.8, 4) is 11.5 Å². The second-order valence-corrected chi connectivity index (χ2v) is 7.33. The van der Waals surface area contributed by atoms with Crippen molar-refractivity contribution in [2.75, 3.05) is 20.3 Å². The number of ether oxygens (including phenoxy) is 2. The SMILES string of the molecule is COc1ccc2[nH]c(C)c(CC3CCCN3C(=O)COc3ccccc3)c2c1. The third kappa shape index (κ3) is 3.70. The molecule has 1 unspecified atom stereocenters. The number of methoxy groups -OCH3 is 1. The van der Waals surface area contributed by atoms with Crippen LogP contribution in [0.2, 0.25) is 0 Å². The zero-order valence-electron chi connectivity index (χ0n) is 16.4. The van der Waals surface area contributed by atoms with Crippen molar-refractivity contribution in [3.63, 3.8) is 0 Å². The number of para-hydroxylation sites is 1. The molecule has 1 aromatic heterocycles. The van der Waals surface area contributed by atoms with Gasteiger partial charge in [0.05, 0.1) is 7.11 Å². The second kappa shape index (κ2) is 7.97. The maximum absolute atomic E-state index is 12.8. The van der Waals surface area contributed by atoms with Gasteiger partial charge in [0.25, 0.3) is 5.91 Å². The number of aromatic nitrogens is 1. The summed E-state index contributed by atoms with van der Waals surface area (Å²) in [4.78, 5) is 18.2. The van der Waals surface area contributed by atoms with E-state index in [0.717, 1.165) is 48.5 Å². The Bertz CT molecular complexity index is 965. The fourth-order valence-electron chi connectivity index (χ4n) is 4.11. The van der Waals surface area contributed by atoms with Crippen LogP contribution in [0.1, 0.15) is 24.1 Å². The van der Waals surface area contributed by atoms with E-state index in [0.29, 0.717) is 0 Å². The lowest BCUT2D eigenvalue weighted by atomic mass is 10.0. The quantitative estimate of drug-likeness (QED) is 0.703. The molecule has 5 nitrogen and oxygen atoms in total. The van der Waals surface area contributed by atoms with Gasteiger partial charge in [-0.25, -0.2) is 0 Å². The summed E-state index contributed by atoms with van der Waals surface area (Å²) in [5, 5.41) is 1.18. The predicted molar refractivity (Wildman–Crippen MR) is 110 cm³/mol. The molecule has 1 aliphatic heterocycles. The van der Waals surface area contributed by atoms with Crippen molar-refractivity contribution in [1.82, 2.24) is 9.88 Å². The number of nitrogens with one attached hydrogen (secondary N) is 1. The Kier molecular flexibility index (Phi) is 5.24. The number of likely N-dealkylation sites (tertiary alicyclic amines) is 1. The first-order valence-corrected chi connectivity index (χ1v) is 9.78. The van der Waals surface area contributed by atoms with Gasteiger partial charge in [-0.15, -0.1) is 0 Å². The third-order valence-electron chi connectivity index (χ3n) is 5.57. The fraction of sp³-hybridized carbons (Fsp3) is 0.348. The van der Waals surface area contributed by atoms with Crippen molar-refractivity contribution >= 4 is 16.8 Å². The molecule has 0 saturated carbocycles. The van der Waals surface area contributed by atoms with E-state index in [1.54, 1.807) is 7.11 Å². The normalized spacial score (nSPS) is 16.5. The molecule has 2 heterocycles. The molecule has 0 spiro atoms. The first-order chi connectivity index (χ1) is 13.7. The number of amides is 1. The number of aryl methyl sites for hydroxylation is 1. The first-order valence-electron chi connectivity index (χ1n) is 9.78. The molecular weight excluding hydrogens is 352 g/mol. The lowest BCUT2D eigenvalue weighted by Gasteiger charge is -2.25. The van der Waals surface area contributed by atoms with Crippen molar-refractivity contribution in [3.05, 3.63) is 59.8 Å². The van der Waals surface area contributed by atoms with E-state index < -0.39 is 0 Å². The molecule has 5 heteroatoms. The average Bonchev–Trinajstić information content (AvgIpc) is 3.31. The summed E-state index contributed by atoms with van der Waals surface area (Å²) in [7, 11) is 1.68. The van der Waals surface area contributed by atoms with Gasteiger partial charge in [0.2, 0.25) is 0 Å². The van der Waals surface area contributed by atoms with E-state index in [4.69, 9.17) is 9.47 Å². The molecular formula is C23H26N2O3. The zero-order valence-corrected chi connectivity index (χ0v) is 16.4. The Hall–Kier alpha value is -2.95. The Morgan fingerprint density at radius 1 is 1.18 bits per heavy atom. The number of fused-ring (bicyclic) bond motifs is 1. The van der Waals surface area contributed by atoms with Gasteiger partial charge in [-0.05, 0) is 62.1 Å². The highest BCUT2D eigenvalue weighted by Gasteiger charge is 2.30. The first kappa shape index (κ1) is 18.4. The van der Waals surface area contributed by atoms with Gasteiger partial charge in [0, 0.05) is 29.2 Å². The number of H-pyrrole nitrogens is 1. The lowest BCUT2D eigenvalue weighted by Crippen LogP contribution is -2.39. The maximum Gasteiger partial charge on any atom is 0.260 e. The van der Waals surface area contributed by atoms with Crippen LogP contribution in [0.5, 0.6) is 11.5 Å². The molecule has 0 radical (unpaired) electrons. The second-order valence-electron chi connectivity index (χ2n) is 7.33. The van der Waals surface area contributed by atoms with E-state index in [-0.39, 0.29) is 18.6 Å². The van der Waals surface area contributed by atoms with Crippen LogP contribution in [0.4, 0.5) is 0 Å². The number of carbonyl (C=O) groups is 1. The van der Waals surface area contributed by atoms with Crippen molar-refractivity contribution in [2.24, 2.45) is 0 Å². The molecule has 1 fully saturated rings. The largest absolute Gasteiger partial charge is 0.497 e. The Morgan fingerprint density at radius 3 is 2.79 bits per heavy atom. The summed E-state index contributed by atoms with van der Waals surface area (Å²) in [6.45, 7) is 2.98. The summed E-state index contributed by atoms with van der Waals surface area (Å²) in [6.07, 6.45) is 2.90. The molecule has 0 bridgehead atoms. The fourth-order valence-corrected chi connectivity index (χ4v) is 4.11. The van der Waals surface area contributed by atoms with Crippen molar-refractivity contribution in [1.29, 1.82) is 0 Å². The summed E-state index contributed by atoms with van der Waals surface area (Å²) in [5.41, 5.74) is 3.53. The number of aromatic amines is 1. The van der Waals surface area contributed by atoms with E-state index >= 15 is 0 Å². The minimum absolute atomic E-state index is 0.0569. The van der Waals surface area contributed by atoms with Gasteiger partial charge in [-0.1, -0.05) is 18.2 Å². The predicted octanol–water partition coefficient (Wildman–Crippen LogP) is 4.10.